The molecule has 0 bridgehead atoms. The lowest BCUT2D eigenvalue weighted by Gasteiger charge is -2.22. The molecule has 0 aromatic heterocycles. The van der Waals surface area contributed by atoms with Crippen LogP contribution in [0, 0.1) is 6.92 Å². The van der Waals surface area contributed by atoms with E-state index >= 15 is 0 Å². The summed E-state index contributed by atoms with van der Waals surface area (Å²) < 4.78 is 5.26. The average molecular weight is 290 g/mol. The Morgan fingerprint density at radius 2 is 1.95 bits per heavy atom. The van der Waals surface area contributed by atoms with Gasteiger partial charge in [0.2, 0.25) is 0 Å². The van der Waals surface area contributed by atoms with Crippen molar-refractivity contribution in [1.29, 1.82) is 0 Å². The summed E-state index contributed by atoms with van der Waals surface area (Å²) in [5, 5.41) is 0. The first-order valence-electron chi connectivity index (χ1n) is 6.63. The fraction of sp³-hybridized carbons (Fsp3) is 0.294. The lowest BCUT2D eigenvalue weighted by atomic mass is 10.1. The van der Waals surface area contributed by atoms with Crippen molar-refractivity contribution in [1.82, 2.24) is 0 Å². The molecular weight excluding hydrogens is 270 g/mol. The van der Waals surface area contributed by atoms with Crippen molar-refractivity contribution in [2.24, 2.45) is 0 Å². The van der Waals surface area contributed by atoms with Gasteiger partial charge in [0.05, 0.1) is 7.11 Å². The number of anilines is 1. The van der Waals surface area contributed by atoms with E-state index in [-0.39, 0.29) is 0 Å². The fourth-order valence-corrected chi connectivity index (χ4v) is 2.54. The van der Waals surface area contributed by atoms with E-state index in [1.165, 1.54) is 16.8 Å². The van der Waals surface area contributed by atoms with Crippen LogP contribution in [-0.4, -0.2) is 14.2 Å². The quantitative estimate of drug-likeness (QED) is 0.758. The lowest BCUT2D eigenvalue weighted by Crippen LogP contribution is -2.17. The number of rotatable bonds is 5. The number of benzene rings is 2. The van der Waals surface area contributed by atoms with Crippen molar-refractivity contribution < 1.29 is 4.74 Å². The van der Waals surface area contributed by atoms with E-state index in [2.05, 4.69) is 49.2 Å². The zero-order chi connectivity index (χ0) is 14.5. The maximum Gasteiger partial charge on any atom is 0.119 e. The second-order valence-corrected chi connectivity index (χ2v) is 5.24. The van der Waals surface area contributed by atoms with Gasteiger partial charge >= 0.3 is 0 Å². The molecule has 20 heavy (non-hydrogen) atoms. The molecule has 2 rings (SSSR count). The molecule has 0 unspecified atom stereocenters. The average Bonchev–Trinajstić information content (AvgIpc) is 2.47. The third-order valence-electron chi connectivity index (χ3n) is 3.34. The first kappa shape index (κ1) is 14.7. The van der Waals surface area contributed by atoms with Gasteiger partial charge in [0, 0.05) is 25.2 Å². The van der Waals surface area contributed by atoms with Crippen molar-refractivity contribution >= 4 is 17.3 Å². The summed E-state index contributed by atoms with van der Waals surface area (Å²) in [5.74, 6) is 1.41. The number of hydrogen-bond acceptors (Lipinski definition) is 2. The van der Waals surface area contributed by atoms with Crippen LogP contribution in [-0.2, 0) is 12.4 Å². The van der Waals surface area contributed by atoms with Gasteiger partial charge in [-0.25, -0.2) is 0 Å². The zero-order valence-electron chi connectivity index (χ0n) is 12.2. The standard InChI is InChI=1S/C17H20ClNO/c1-13-7-8-17(15(9-13)11-18)19(2)12-14-5-4-6-16(10-14)20-3/h4-10H,11-12H2,1-3H3. The minimum Gasteiger partial charge on any atom is -0.497 e. The van der Waals surface area contributed by atoms with Gasteiger partial charge < -0.3 is 9.64 Å². The molecule has 2 aromatic carbocycles. The number of halogens is 1. The van der Waals surface area contributed by atoms with Gasteiger partial charge in [0.15, 0.2) is 0 Å². The second kappa shape index (κ2) is 6.67. The Hall–Kier alpha value is -1.67. The fourth-order valence-electron chi connectivity index (χ4n) is 2.32. The number of hydrogen-bond donors (Lipinski definition) is 0. The minimum atomic E-state index is 0.527. The predicted octanol–water partition coefficient (Wildman–Crippen LogP) is 4.38. The number of methoxy groups -OCH3 is 1. The number of aryl methyl sites for hydroxylation is 1. The van der Waals surface area contributed by atoms with Gasteiger partial charge in [0.1, 0.15) is 5.75 Å². The van der Waals surface area contributed by atoms with E-state index in [4.69, 9.17) is 16.3 Å². The van der Waals surface area contributed by atoms with E-state index in [0.717, 1.165) is 17.9 Å². The number of nitrogens with zero attached hydrogens (tertiary/aromatic N) is 1. The molecule has 0 amide bonds. The van der Waals surface area contributed by atoms with Crippen LogP contribution in [0.5, 0.6) is 5.75 Å². The van der Waals surface area contributed by atoms with Gasteiger partial charge in [-0.15, -0.1) is 11.6 Å². The highest BCUT2D eigenvalue weighted by Crippen LogP contribution is 2.24. The van der Waals surface area contributed by atoms with Gasteiger partial charge in [-0.3, -0.25) is 0 Å². The maximum atomic E-state index is 6.05. The van der Waals surface area contributed by atoms with Gasteiger partial charge in [-0.2, -0.15) is 0 Å². The topological polar surface area (TPSA) is 12.5 Å². The highest BCUT2D eigenvalue weighted by atomic mass is 35.5. The normalized spacial score (nSPS) is 10.4. The summed E-state index contributed by atoms with van der Waals surface area (Å²) in [4.78, 5) is 2.21. The van der Waals surface area contributed by atoms with Crippen molar-refractivity contribution in [2.75, 3.05) is 19.1 Å². The van der Waals surface area contributed by atoms with Crippen molar-refractivity contribution in [2.45, 2.75) is 19.3 Å². The van der Waals surface area contributed by atoms with Crippen LogP contribution in [0.25, 0.3) is 0 Å². The number of ether oxygens (including phenoxy) is 1. The molecule has 0 saturated carbocycles. The SMILES string of the molecule is COc1cccc(CN(C)c2ccc(C)cc2CCl)c1. The van der Waals surface area contributed by atoms with E-state index in [0.29, 0.717) is 5.88 Å². The molecule has 0 radical (unpaired) electrons. The molecule has 0 heterocycles. The molecular formula is C17H20ClNO. The monoisotopic (exact) mass is 289 g/mol. The van der Waals surface area contributed by atoms with Crippen LogP contribution in [0.4, 0.5) is 5.69 Å². The Morgan fingerprint density at radius 3 is 2.65 bits per heavy atom. The van der Waals surface area contributed by atoms with E-state index < -0.39 is 0 Å². The summed E-state index contributed by atoms with van der Waals surface area (Å²) in [6, 6.07) is 14.5. The maximum absolute atomic E-state index is 6.05. The summed E-state index contributed by atoms with van der Waals surface area (Å²) in [5.41, 5.74) is 4.79. The van der Waals surface area contributed by atoms with Gasteiger partial charge in [0.25, 0.3) is 0 Å². The van der Waals surface area contributed by atoms with Crippen LogP contribution in [0.3, 0.4) is 0 Å². The van der Waals surface area contributed by atoms with Crippen LogP contribution in [0.2, 0.25) is 0 Å². The third-order valence-corrected chi connectivity index (χ3v) is 3.63. The Morgan fingerprint density at radius 1 is 1.15 bits per heavy atom. The van der Waals surface area contributed by atoms with Gasteiger partial charge in [-0.1, -0.05) is 29.8 Å². The highest BCUT2D eigenvalue weighted by Gasteiger charge is 2.08. The Balaban J connectivity index is 2.21. The summed E-state index contributed by atoms with van der Waals surface area (Å²) >= 11 is 6.05. The van der Waals surface area contributed by atoms with Crippen LogP contribution < -0.4 is 9.64 Å². The molecule has 0 saturated heterocycles. The van der Waals surface area contributed by atoms with Crippen molar-refractivity contribution in [3.63, 3.8) is 0 Å². The second-order valence-electron chi connectivity index (χ2n) is 4.97. The molecule has 0 atom stereocenters. The molecule has 0 aliphatic carbocycles. The first-order chi connectivity index (χ1) is 9.63. The largest absolute Gasteiger partial charge is 0.497 e. The first-order valence-corrected chi connectivity index (χ1v) is 7.17. The summed E-state index contributed by atoms with van der Waals surface area (Å²) in [6.07, 6.45) is 0. The third kappa shape index (κ3) is 3.45. The molecule has 2 aromatic rings. The van der Waals surface area contributed by atoms with E-state index in [1.807, 2.05) is 12.1 Å². The Bertz CT molecular complexity index is 583. The number of alkyl halides is 1. The molecule has 0 aliphatic heterocycles. The van der Waals surface area contributed by atoms with Crippen LogP contribution in [0.15, 0.2) is 42.5 Å². The molecule has 106 valence electrons. The summed E-state index contributed by atoms with van der Waals surface area (Å²) in [7, 11) is 3.77. The lowest BCUT2D eigenvalue weighted by molar-refractivity contribution is 0.414. The minimum absolute atomic E-state index is 0.527. The van der Waals surface area contributed by atoms with Crippen LogP contribution >= 0.6 is 11.6 Å². The highest BCUT2D eigenvalue weighted by molar-refractivity contribution is 6.17. The van der Waals surface area contributed by atoms with E-state index in [9.17, 15) is 0 Å². The van der Waals surface area contributed by atoms with Crippen LogP contribution in [0.1, 0.15) is 16.7 Å². The predicted molar refractivity (Wildman–Crippen MR) is 85.8 cm³/mol. The van der Waals surface area contributed by atoms with Crippen molar-refractivity contribution in [3.8, 4) is 5.75 Å². The molecule has 0 aliphatic rings. The summed E-state index contributed by atoms with van der Waals surface area (Å²) in [6.45, 7) is 2.91. The Kier molecular flexibility index (Phi) is 4.91. The van der Waals surface area contributed by atoms with Gasteiger partial charge in [-0.05, 0) is 36.2 Å². The molecule has 0 spiro atoms. The molecule has 0 N–H and O–H groups in total. The van der Waals surface area contributed by atoms with E-state index in [1.54, 1.807) is 7.11 Å². The molecule has 3 heteroatoms. The zero-order valence-corrected chi connectivity index (χ0v) is 12.9. The molecule has 2 nitrogen and oxygen atoms in total. The molecule has 0 fully saturated rings. The smallest absolute Gasteiger partial charge is 0.119 e. The Labute approximate surface area is 125 Å². The van der Waals surface area contributed by atoms with Crippen molar-refractivity contribution in [3.05, 3.63) is 59.2 Å².